The van der Waals surface area contributed by atoms with Crippen LogP contribution in [0.15, 0.2) is 59.7 Å². The van der Waals surface area contributed by atoms with Crippen molar-refractivity contribution in [2.24, 2.45) is 10.7 Å². The SMILES string of the molecule is CN1CC(N)=NC=C1c1cccc(C(=O)NNc2ccccc2F)c1. The molecule has 2 aromatic rings. The molecule has 128 valence electrons. The summed E-state index contributed by atoms with van der Waals surface area (Å²) in [6.07, 6.45) is 1.67. The Morgan fingerprint density at radius 1 is 1.24 bits per heavy atom. The summed E-state index contributed by atoms with van der Waals surface area (Å²) in [5.41, 5.74) is 13.1. The average molecular weight is 339 g/mol. The van der Waals surface area contributed by atoms with Crippen LogP contribution in [0.1, 0.15) is 15.9 Å². The number of anilines is 1. The minimum atomic E-state index is -0.444. The van der Waals surface area contributed by atoms with Gasteiger partial charge in [0.05, 0.1) is 24.1 Å². The Kier molecular flexibility index (Phi) is 4.65. The van der Waals surface area contributed by atoms with Gasteiger partial charge in [-0.3, -0.25) is 15.6 Å². The summed E-state index contributed by atoms with van der Waals surface area (Å²) in [6, 6.07) is 13.2. The van der Waals surface area contributed by atoms with Crippen molar-refractivity contribution in [3.05, 3.63) is 71.7 Å². The average Bonchev–Trinajstić information content (AvgIpc) is 2.61. The third-order valence-electron chi connectivity index (χ3n) is 3.77. The highest BCUT2D eigenvalue weighted by atomic mass is 19.1. The largest absolute Gasteiger partial charge is 0.386 e. The fraction of sp³-hybridized carbons (Fsp3) is 0.111. The number of amidine groups is 1. The number of amides is 1. The van der Waals surface area contributed by atoms with Crippen molar-refractivity contribution in [3.63, 3.8) is 0 Å². The van der Waals surface area contributed by atoms with Gasteiger partial charge in [0.25, 0.3) is 5.91 Å². The maximum absolute atomic E-state index is 13.6. The zero-order valence-electron chi connectivity index (χ0n) is 13.7. The second-order valence-corrected chi connectivity index (χ2v) is 5.63. The first-order valence-corrected chi connectivity index (χ1v) is 7.69. The molecule has 4 N–H and O–H groups in total. The molecule has 0 fully saturated rings. The van der Waals surface area contributed by atoms with Gasteiger partial charge in [0.1, 0.15) is 11.7 Å². The summed E-state index contributed by atoms with van der Waals surface area (Å²) in [4.78, 5) is 18.4. The minimum absolute atomic E-state index is 0.200. The van der Waals surface area contributed by atoms with E-state index in [1.807, 2.05) is 18.0 Å². The van der Waals surface area contributed by atoms with Crippen LogP contribution < -0.4 is 16.6 Å². The lowest BCUT2D eigenvalue weighted by Crippen LogP contribution is -2.32. The van der Waals surface area contributed by atoms with E-state index >= 15 is 0 Å². The van der Waals surface area contributed by atoms with Crippen molar-refractivity contribution in [1.29, 1.82) is 0 Å². The van der Waals surface area contributed by atoms with E-state index in [0.717, 1.165) is 11.3 Å². The molecule has 25 heavy (non-hydrogen) atoms. The number of carbonyl (C=O) groups is 1. The standard InChI is InChI=1S/C18H18FN5O/c1-24-11-17(20)21-10-16(24)12-5-4-6-13(9-12)18(25)23-22-15-8-3-2-7-14(15)19/h2-10,22H,11H2,1H3,(H2,20,21)(H,23,25). The molecule has 0 bridgehead atoms. The van der Waals surface area contributed by atoms with E-state index < -0.39 is 5.82 Å². The monoisotopic (exact) mass is 339 g/mol. The molecular weight excluding hydrogens is 321 g/mol. The summed E-state index contributed by atoms with van der Waals surface area (Å²) in [5, 5.41) is 0. The Morgan fingerprint density at radius 2 is 2.04 bits per heavy atom. The van der Waals surface area contributed by atoms with Crippen molar-refractivity contribution < 1.29 is 9.18 Å². The molecule has 0 radical (unpaired) electrons. The highest BCUT2D eigenvalue weighted by Crippen LogP contribution is 2.21. The third kappa shape index (κ3) is 3.77. The third-order valence-corrected chi connectivity index (χ3v) is 3.77. The first-order valence-electron chi connectivity index (χ1n) is 7.69. The van der Waals surface area contributed by atoms with E-state index in [4.69, 9.17) is 5.73 Å². The quantitative estimate of drug-likeness (QED) is 0.746. The van der Waals surface area contributed by atoms with Crippen molar-refractivity contribution in [3.8, 4) is 0 Å². The van der Waals surface area contributed by atoms with Crippen LogP contribution in [-0.4, -0.2) is 30.2 Å². The normalized spacial score (nSPS) is 13.8. The van der Waals surface area contributed by atoms with E-state index in [2.05, 4.69) is 15.8 Å². The number of aliphatic imine (C=N–C) groups is 1. The Hall–Kier alpha value is -3.35. The van der Waals surface area contributed by atoms with Gasteiger partial charge in [0, 0.05) is 18.2 Å². The second kappa shape index (κ2) is 7.04. The molecule has 0 atom stereocenters. The van der Waals surface area contributed by atoms with Crippen LogP contribution in [-0.2, 0) is 0 Å². The van der Waals surface area contributed by atoms with Crippen molar-refractivity contribution in [2.75, 3.05) is 19.0 Å². The number of hydrazine groups is 1. The Labute approximate surface area is 144 Å². The van der Waals surface area contributed by atoms with Crippen molar-refractivity contribution in [2.45, 2.75) is 0 Å². The number of hydrogen-bond acceptors (Lipinski definition) is 5. The number of para-hydroxylation sites is 1. The smallest absolute Gasteiger partial charge is 0.269 e. The highest BCUT2D eigenvalue weighted by molar-refractivity contribution is 5.96. The lowest BCUT2D eigenvalue weighted by molar-refractivity contribution is 0.0962. The Morgan fingerprint density at radius 3 is 2.80 bits per heavy atom. The van der Waals surface area contributed by atoms with E-state index in [1.54, 1.807) is 36.5 Å². The van der Waals surface area contributed by atoms with Gasteiger partial charge in [-0.1, -0.05) is 24.3 Å². The van der Waals surface area contributed by atoms with Gasteiger partial charge in [0.15, 0.2) is 0 Å². The molecule has 2 aromatic carbocycles. The maximum atomic E-state index is 13.6. The van der Waals surface area contributed by atoms with E-state index in [-0.39, 0.29) is 11.6 Å². The number of rotatable bonds is 4. The van der Waals surface area contributed by atoms with E-state index in [9.17, 15) is 9.18 Å². The zero-order valence-corrected chi connectivity index (χ0v) is 13.7. The molecule has 0 aliphatic carbocycles. The minimum Gasteiger partial charge on any atom is -0.386 e. The first kappa shape index (κ1) is 16.5. The van der Waals surface area contributed by atoms with Crippen LogP contribution in [0.5, 0.6) is 0 Å². The molecule has 0 saturated carbocycles. The molecule has 0 unspecified atom stereocenters. The molecule has 1 aliphatic heterocycles. The molecule has 3 rings (SSSR count). The molecule has 0 saturated heterocycles. The summed E-state index contributed by atoms with van der Waals surface area (Å²) >= 11 is 0. The lowest BCUT2D eigenvalue weighted by atomic mass is 10.1. The summed E-state index contributed by atoms with van der Waals surface area (Å²) in [6.45, 7) is 0.525. The second-order valence-electron chi connectivity index (χ2n) is 5.63. The molecule has 1 aliphatic rings. The molecule has 0 aromatic heterocycles. The lowest BCUT2D eigenvalue weighted by Gasteiger charge is -2.25. The van der Waals surface area contributed by atoms with E-state index in [0.29, 0.717) is 17.9 Å². The highest BCUT2D eigenvalue weighted by Gasteiger charge is 2.15. The van der Waals surface area contributed by atoms with Crippen LogP contribution in [0.4, 0.5) is 10.1 Å². The number of hydrogen-bond donors (Lipinski definition) is 3. The topological polar surface area (TPSA) is 82.8 Å². The number of halogens is 1. The van der Waals surface area contributed by atoms with Gasteiger partial charge < -0.3 is 10.6 Å². The van der Waals surface area contributed by atoms with Crippen LogP contribution in [0.3, 0.4) is 0 Å². The van der Waals surface area contributed by atoms with Gasteiger partial charge >= 0.3 is 0 Å². The fourth-order valence-electron chi connectivity index (χ4n) is 2.49. The molecular formula is C18H18FN5O. The molecule has 1 heterocycles. The first-order chi connectivity index (χ1) is 12.0. The predicted molar refractivity (Wildman–Crippen MR) is 96.2 cm³/mol. The van der Waals surface area contributed by atoms with Crippen molar-refractivity contribution >= 4 is 23.1 Å². The number of carbonyl (C=O) groups excluding carboxylic acids is 1. The van der Waals surface area contributed by atoms with Gasteiger partial charge in [-0.05, 0) is 24.3 Å². The molecule has 0 spiro atoms. The number of likely N-dealkylation sites (N-methyl/N-ethyl adjacent to an activating group) is 1. The molecule has 1 amide bonds. The van der Waals surface area contributed by atoms with Gasteiger partial charge in [0.2, 0.25) is 0 Å². The van der Waals surface area contributed by atoms with Crippen LogP contribution in [0.2, 0.25) is 0 Å². The Balaban J connectivity index is 1.75. The Bertz CT molecular complexity index is 862. The number of nitrogens with two attached hydrogens (primary N) is 1. The van der Waals surface area contributed by atoms with Gasteiger partial charge in [-0.2, -0.15) is 0 Å². The number of benzene rings is 2. The molecule has 6 nitrogen and oxygen atoms in total. The van der Waals surface area contributed by atoms with Crippen LogP contribution in [0.25, 0.3) is 5.70 Å². The summed E-state index contributed by atoms with van der Waals surface area (Å²) in [5.74, 6) is -0.276. The molecule has 7 heteroatoms. The summed E-state index contributed by atoms with van der Waals surface area (Å²) < 4.78 is 13.6. The fourth-order valence-corrected chi connectivity index (χ4v) is 2.49. The predicted octanol–water partition coefficient (Wildman–Crippen LogP) is 2.18. The van der Waals surface area contributed by atoms with Gasteiger partial charge in [-0.25, -0.2) is 9.38 Å². The zero-order chi connectivity index (χ0) is 17.8. The maximum Gasteiger partial charge on any atom is 0.269 e. The van der Waals surface area contributed by atoms with Crippen LogP contribution in [0, 0.1) is 5.82 Å². The number of nitrogens with zero attached hydrogens (tertiary/aromatic N) is 2. The van der Waals surface area contributed by atoms with Crippen molar-refractivity contribution in [1.82, 2.24) is 10.3 Å². The van der Waals surface area contributed by atoms with Gasteiger partial charge in [-0.15, -0.1) is 0 Å². The van der Waals surface area contributed by atoms with E-state index in [1.165, 1.54) is 12.1 Å². The number of nitrogens with one attached hydrogen (secondary N) is 2. The van der Waals surface area contributed by atoms with Crippen LogP contribution >= 0.6 is 0 Å². The summed E-state index contributed by atoms with van der Waals surface area (Å²) in [7, 11) is 1.90.